The van der Waals surface area contributed by atoms with E-state index in [9.17, 15) is 9.59 Å². The lowest BCUT2D eigenvalue weighted by molar-refractivity contribution is -0.110. The molecule has 0 spiro atoms. The van der Waals surface area contributed by atoms with Crippen LogP contribution in [0.25, 0.3) is 33.0 Å². The minimum atomic E-state index is -0.179. The van der Waals surface area contributed by atoms with E-state index in [0.29, 0.717) is 27.3 Å². The summed E-state index contributed by atoms with van der Waals surface area (Å²) in [6.07, 6.45) is 0. The van der Waals surface area contributed by atoms with E-state index in [4.69, 9.17) is 4.98 Å². The molecule has 3 aromatic carbocycles. The van der Waals surface area contributed by atoms with Gasteiger partial charge in [0.05, 0.1) is 22.0 Å². The number of hydrogen-bond acceptors (Lipinski definition) is 3. The number of aromatic nitrogens is 2. The third-order valence-electron chi connectivity index (χ3n) is 5.34. The van der Waals surface area contributed by atoms with Crippen molar-refractivity contribution in [2.75, 3.05) is 5.32 Å². The number of anilines is 1. The number of fused-ring (bicyclic) bond motifs is 5. The third kappa shape index (κ3) is 1.82. The quantitative estimate of drug-likeness (QED) is 0.460. The Hall–Kier alpha value is -3.99. The van der Waals surface area contributed by atoms with Crippen molar-refractivity contribution in [2.24, 2.45) is 0 Å². The molecule has 0 unspecified atom stereocenters. The number of benzene rings is 3. The average Bonchev–Trinajstić information content (AvgIpc) is 3.22. The first-order valence-electron chi connectivity index (χ1n) is 9.01. The number of carbonyl (C=O) groups excluding carboxylic acids is 1. The molecule has 0 saturated carbocycles. The molecule has 1 N–H and O–H groups in total. The Morgan fingerprint density at radius 2 is 1.50 bits per heavy atom. The second-order valence-corrected chi connectivity index (χ2v) is 6.86. The highest BCUT2D eigenvalue weighted by Gasteiger charge is 2.27. The van der Waals surface area contributed by atoms with Gasteiger partial charge >= 0.3 is 0 Å². The average molecular weight is 363 g/mol. The van der Waals surface area contributed by atoms with Gasteiger partial charge in [-0.1, -0.05) is 48.5 Å². The zero-order valence-corrected chi connectivity index (χ0v) is 14.6. The van der Waals surface area contributed by atoms with Gasteiger partial charge in [-0.2, -0.15) is 0 Å². The van der Waals surface area contributed by atoms with E-state index >= 15 is 0 Å². The van der Waals surface area contributed by atoms with Crippen LogP contribution in [0.2, 0.25) is 0 Å². The van der Waals surface area contributed by atoms with Gasteiger partial charge in [0.25, 0.3) is 11.5 Å². The van der Waals surface area contributed by atoms with Crippen LogP contribution in [0.1, 0.15) is 5.56 Å². The number of nitrogens with zero attached hydrogens (tertiary/aromatic N) is 2. The number of rotatable bonds is 0. The van der Waals surface area contributed by atoms with Crippen molar-refractivity contribution in [1.29, 1.82) is 0 Å². The van der Waals surface area contributed by atoms with E-state index in [1.807, 2.05) is 66.7 Å². The predicted molar refractivity (Wildman–Crippen MR) is 109 cm³/mol. The number of amides is 1. The van der Waals surface area contributed by atoms with Gasteiger partial charge in [-0.15, -0.1) is 0 Å². The highest BCUT2D eigenvalue weighted by Crippen LogP contribution is 2.30. The lowest BCUT2D eigenvalue weighted by atomic mass is 10.0. The number of para-hydroxylation sites is 3. The molecule has 0 atom stereocenters. The molecule has 3 heterocycles. The van der Waals surface area contributed by atoms with E-state index < -0.39 is 0 Å². The largest absolute Gasteiger partial charge is 0.321 e. The van der Waals surface area contributed by atoms with Crippen LogP contribution in [0.4, 0.5) is 5.69 Å². The smallest absolute Gasteiger partial charge is 0.266 e. The highest BCUT2D eigenvalue weighted by molar-refractivity contribution is 6.32. The molecule has 5 aromatic rings. The molecule has 0 aliphatic carbocycles. The summed E-state index contributed by atoms with van der Waals surface area (Å²) in [6.45, 7) is 0. The lowest BCUT2D eigenvalue weighted by Crippen LogP contribution is -2.19. The van der Waals surface area contributed by atoms with Gasteiger partial charge in [0.1, 0.15) is 5.65 Å². The first kappa shape index (κ1) is 15.1. The molecule has 2 aromatic heterocycles. The van der Waals surface area contributed by atoms with Crippen LogP contribution in [0.5, 0.6) is 0 Å². The van der Waals surface area contributed by atoms with Crippen molar-refractivity contribution < 1.29 is 4.79 Å². The Kier molecular flexibility index (Phi) is 2.84. The van der Waals surface area contributed by atoms with Crippen LogP contribution in [0, 0.1) is 0 Å². The summed E-state index contributed by atoms with van der Waals surface area (Å²) in [5, 5.41) is 5.02. The van der Waals surface area contributed by atoms with E-state index in [1.165, 1.54) is 0 Å². The van der Waals surface area contributed by atoms with Gasteiger partial charge < -0.3 is 5.32 Å². The Bertz CT molecular complexity index is 1580. The minimum Gasteiger partial charge on any atom is -0.321 e. The van der Waals surface area contributed by atoms with Crippen molar-refractivity contribution in [3.8, 4) is 0 Å². The molecule has 1 aliphatic heterocycles. The third-order valence-corrected chi connectivity index (χ3v) is 5.34. The summed E-state index contributed by atoms with van der Waals surface area (Å²) in [5.74, 6) is -0.179. The zero-order valence-electron chi connectivity index (χ0n) is 14.6. The molecular weight excluding hydrogens is 350 g/mol. The summed E-state index contributed by atoms with van der Waals surface area (Å²) < 4.78 is 1.62. The summed E-state index contributed by atoms with van der Waals surface area (Å²) >= 11 is 0. The van der Waals surface area contributed by atoms with Crippen LogP contribution >= 0.6 is 0 Å². The van der Waals surface area contributed by atoms with Gasteiger partial charge in [0.2, 0.25) is 0 Å². The number of carbonyl (C=O) groups is 1. The fraction of sp³-hybridized carbons (Fsp3) is 0. The van der Waals surface area contributed by atoms with Crippen LogP contribution in [-0.2, 0) is 4.79 Å². The molecule has 5 nitrogen and oxygen atoms in total. The Labute approximate surface area is 158 Å². The van der Waals surface area contributed by atoms with Gasteiger partial charge in [-0.3, -0.25) is 14.0 Å². The molecule has 0 radical (unpaired) electrons. The topological polar surface area (TPSA) is 63.5 Å². The SMILES string of the molecule is O=C1Nc2ccccc2/C1=c1/c2ccccc2n2c(=O)c3ccccc3nc12. The molecule has 1 amide bonds. The Balaban J connectivity index is 1.97. The maximum absolute atomic E-state index is 13.3. The van der Waals surface area contributed by atoms with E-state index in [2.05, 4.69) is 5.32 Å². The Morgan fingerprint density at radius 1 is 0.786 bits per heavy atom. The standard InChI is InChI=1S/C23H13N3O2/c27-22-20(13-7-1-4-10-16(13)25-22)19-15-9-3-6-12-18(15)26-21(19)24-17-11-5-2-8-14(17)23(26)28/h1-12H,(H,25,27)/b20-19+. The lowest BCUT2D eigenvalue weighted by Gasteiger charge is -2.00. The molecule has 1 aliphatic rings. The summed E-state index contributed by atoms with van der Waals surface area (Å²) in [4.78, 5) is 31.0. The van der Waals surface area contributed by atoms with Crippen LogP contribution in [0.15, 0.2) is 77.6 Å². The molecule has 0 fully saturated rings. The van der Waals surface area contributed by atoms with Crippen LogP contribution < -0.4 is 16.1 Å². The molecule has 0 bridgehead atoms. The fourth-order valence-corrected chi connectivity index (χ4v) is 4.14. The van der Waals surface area contributed by atoms with Gasteiger partial charge in [-0.25, -0.2) is 4.98 Å². The molecular formula is C23H13N3O2. The first-order valence-corrected chi connectivity index (χ1v) is 9.01. The van der Waals surface area contributed by atoms with Crippen molar-refractivity contribution in [3.63, 3.8) is 0 Å². The highest BCUT2D eigenvalue weighted by atomic mass is 16.2. The monoisotopic (exact) mass is 363 g/mol. The van der Waals surface area contributed by atoms with Gasteiger partial charge in [0, 0.05) is 21.9 Å². The summed E-state index contributed by atoms with van der Waals surface area (Å²) in [7, 11) is 0. The normalized spacial score (nSPS) is 15.4. The van der Waals surface area contributed by atoms with E-state index in [-0.39, 0.29) is 11.5 Å². The van der Waals surface area contributed by atoms with Gasteiger partial charge in [-0.05, 0) is 24.3 Å². The number of hydrogen-bond donors (Lipinski definition) is 1. The van der Waals surface area contributed by atoms with Crippen molar-refractivity contribution in [3.05, 3.63) is 93.9 Å². The molecule has 6 rings (SSSR count). The Morgan fingerprint density at radius 3 is 2.39 bits per heavy atom. The molecule has 132 valence electrons. The minimum absolute atomic E-state index is 0.129. The zero-order chi connectivity index (χ0) is 18.8. The maximum atomic E-state index is 13.3. The maximum Gasteiger partial charge on any atom is 0.266 e. The summed E-state index contributed by atoms with van der Waals surface area (Å²) in [6, 6.07) is 22.5. The predicted octanol–water partition coefficient (Wildman–Crippen LogP) is 2.87. The van der Waals surface area contributed by atoms with Crippen molar-refractivity contribution in [2.45, 2.75) is 0 Å². The first-order chi connectivity index (χ1) is 13.7. The number of nitrogens with one attached hydrogen (secondary N) is 1. The molecule has 5 heteroatoms. The fourth-order valence-electron chi connectivity index (χ4n) is 4.14. The van der Waals surface area contributed by atoms with Crippen LogP contribution in [0.3, 0.4) is 0 Å². The van der Waals surface area contributed by atoms with Gasteiger partial charge in [0.15, 0.2) is 0 Å². The van der Waals surface area contributed by atoms with Crippen molar-refractivity contribution in [1.82, 2.24) is 9.38 Å². The summed E-state index contributed by atoms with van der Waals surface area (Å²) in [5.41, 5.74) is 3.90. The molecule has 0 saturated heterocycles. The van der Waals surface area contributed by atoms with Crippen LogP contribution in [-0.4, -0.2) is 15.3 Å². The second-order valence-electron chi connectivity index (χ2n) is 6.86. The van der Waals surface area contributed by atoms with Crippen molar-refractivity contribution >= 4 is 44.6 Å². The second kappa shape index (κ2) is 5.27. The van der Waals surface area contributed by atoms with E-state index in [0.717, 1.165) is 22.2 Å². The van der Waals surface area contributed by atoms with E-state index in [1.54, 1.807) is 10.5 Å². The molecule has 28 heavy (non-hydrogen) atoms.